The second-order valence-electron chi connectivity index (χ2n) is 4.55. The lowest BCUT2D eigenvalue weighted by Gasteiger charge is -2.07. The molecule has 0 aromatic carbocycles. The van der Waals surface area contributed by atoms with Gasteiger partial charge < -0.3 is 14.2 Å². The molecule has 5 heteroatoms. The van der Waals surface area contributed by atoms with Crippen LogP contribution in [0.5, 0.6) is 5.75 Å². The minimum absolute atomic E-state index is 0.190. The molecule has 0 fully saturated rings. The average molecular weight is 262 g/mol. The van der Waals surface area contributed by atoms with Crippen LogP contribution in [-0.2, 0) is 4.79 Å². The quantitative estimate of drug-likeness (QED) is 0.813. The number of fused-ring (bicyclic) bond motifs is 1. The van der Waals surface area contributed by atoms with Crippen LogP contribution >= 0.6 is 0 Å². The molecule has 19 heavy (non-hydrogen) atoms. The predicted octanol–water partition coefficient (Wildman–Crippen LogP) is 2.58. The Morgan fingerprint density at radius 2 is 2.21 bits per heavy atom. The monoisotopic (exact) mass is 262 g/mol. The van der Waals surface area contributed by atoms with Gasteiger partial charge in [0.05, 0.1) is 12.3 Å². The Bertz CT molecular complexity index is 590. The summed E-state index contributed by atoms with van der Waals surface area (Å²) in [6, 6.07) is 3.81. The van der Waals surface area contributed by atoms with Crippen LogP contribution in [0.4, 0.5) is 0 Å². The van der Waals surface area contributed by atoms with E-state index in [0.717, 1.165) is 29.2 Å². The number of imidazole rings is 1. The summed E-state index contributed by atoms with van der Waals surface area (Å²) < 4.78 is 7.70. The maximum atomic E-state index is 10.4. The van der Waals surface area contributed by atoms with Crippen molar-refractivity contribution < 1.29 is 14.6 Å². The van der Waals surface area contributed by atoms with Crippen LogP contribution in [-0.4, -0.2) is 27.1 Å². The number of unbranched alkanes of at least 4 members (excludes halogenated alkanes) is 1. The van der Waals surface area contributed by atoms with E-state index in [1.807, 2.05) is 36.6 Å². The fourth-order valence-electron chi connectivity index (χ4n) is 1.95. The van der Waals surface area contributed by atoms with Crippen LogP contribution in [0.1, 0.15) is 30.7 Å². The highest BCUT2D eigenvalue weighted by Crippen LogP contribution is 2.21. The maximum Gasteiger partial charge on any atom is 0.303 e. The molecule has 0 saturated carbocycles. The topological polar surface area (TPSA) is 63.8 Å². The Kier molecular flexibility index (Phi) is 4.04. The lowest BCUT2D eigenvalue weighted by atomic mass is 10.2. The van der Waals surface area contributed by atoms with Crippen molar-refractivity contribution in [1.82, 2.24) is 9.38 Å². The number of hydrogen-bond acceptors (Lipinski definition) is 3. The van der Waals surface area contributed by atoms with Crippen molar-refractivity contribution >= 4 is 11.6 Å². The Balaban J connectivity index is 2.01. The molecule has 0 bridgehead atoms. The molecular formula is C14H18N2O3. The van der Waals surface area contributed by atoms with Crippen LogP contribution < -0.4 is 4.74 Å². The fraction of sp³-hybridized carbons (Fsp3) is 0.429. The molecule has 0 aliphatic rings. The van der Waals surface area contributed by atoms with E-state index in [1.54, 1.807) is 0 Å². The number of carbonyl (C=O) groups is 1. The van der Waals surface area contributed by atoms with Gasteiger partial charge in [-0.3, -0.25) is 4.79 Å². The summed E-state index contributed by atoms with van der Waals surface area (Å²) in [7, 11) is 0. The lowest BCUT2D eigenvalue weighted by molar-refractivity contribution is -0.137. The Labute approximate surface area is 111 Å². The van der Waals surface area contributed by atoms with Crippen LogP contribution in [0.15, 0.2) is 18.3 Å². The van der Waals surface area contributed by atoms with E-state index in [2.05, 4.69) is 4.98 Å². The van der Waals surface area contributed by atoms with Crippen molar-refractivity contribution in [1.29, 1.82) is 0 Å². The van der Waals surface area contributed by atoms with Gasteiger partial charge in [0, 0.05) is 18.3 Å². The van der Waals surface area contributed by atoms with Gasteiger partial charge in [-0.1, -0.05) is 0 Å². The van der Waals surface area contributed by atoms with Crippen molar-refractivity contribution in [3.63, 3.8) is 0 Å². The molecular weight excluding hydrogens is 244 g/mol. The van der Waals surface area contributed by atoms with E-state index in [1.165, 1.54) is 0 Å². The van der Waals surface area contributed by atoms with Crippen molar-refractivity contribution in [2.24, 2.45) is 0 Å². The summed E-state index contributed by atoms with van der Waals surface area (Å²) in [5.74, 6) is -0.0179. The smallest absolute Gasteiger partial charge is 0.303 e. The van der Waals surface area contributed by atoms with Gasteiger partial charge in [-0.25, -0.2) is 4.98 Å². The van der Waals surface area contributed by atoms with E-state index in [-0.39, 0.29) is 6.42 Å². The number of ether oxygens (including phenoxy) is 1. The third-order valence-corrected chi connectivity index (χ3v) is 3.13. The summed E-state index contributed by atoms with van der Waals surface area (Å²) in [4.78, 5) is 14.9. The lowest BCUT2D eigenvalue weighted by Crippen LogP contribution is -2.01. The molecule has 5 nitrogen and oxygen atoms in total. The zero-order chi connectivity index (χ0) is 13.8. The van der Waals surface area contributed by atoms with Gasteiger partial charge in [0.25, 0.3) is 0 Å². The second kappa shape index (κ2) is 5.73. The Morgan fingerprint density at radius 3 is 2.95 bits per heavy atom. The molecule has 1 N–H and O–H groups in total. The van der Waals surface area contributed by atoms with Gasteiger partial charge >= 0.3 is 5.97 Å². The number of aliphatic carboxylic acids is 1. The molecule has 0 saturated heterocycles. The summed E-state index contributed by atoms with van der Waals surface area (Å²) in [6.45, 7) is 4.50. The molecule has 0 amide bonds. The Morgan fingerprint density at radius 1 is 1.42 bits per heavy atom. The highest BCUT2D eigenvalue weighted by Gasteiger charge is 2.09. The van der Waals surface area contributed by atoms with Crippen molar-refractivity contribution in [2.75, 3.05) is 6.61 Å². The number of aryl methyl sites for hydroxylation is 2. The molecule has 0 aliphatic heterocycles. The van der Waals surface area contributed by atoms with Crippen LogP contribution in [0, 0.1) is 13.8 Å². The molecule has 0 aliphatic carbocycles. The normalized spacial score (nSPS) is 10.8. The number of aromatic nitrogens is 2. The third kappa shape index (κ3) is 3.05. The standard InChI is InChI=1S/C14H18N2O3/c1-10-11(2)16-8-5-6-12(14(16)15-10)19-9-4-3-7-13(17)18/h5-6,8H,3-4,7,9H2,1-2H3,(H,17,18). The number of pyridine rings is 1. The maximum absolute atomic E-state index is 10.4. The van der Waals surface area contributed by atoms with Gasteiger partial charge in [-0.2, -0.15) is 0 Å². The third-order valence-electron chi connectivity index (χ3n) is 3.13. The molecule has 0 atom stereocenters. The Hall–Kier alpha value is -2.04. The first-order valence-electron chi connectivity index (χ1n) is 6.38. The first-order valence-corrected chi connectivity index (χ1v) is 6.38. The first kappa shape index (κ1) is 13.4. The van der Waals surface area contributed by atoms with Crippen LogP contribution in [0.25, 0.3) is 5.65 Å². The fourth-order valence-corrected chi connectivity index (χ4v) is 1.95. The van der Waals surface area contributed by atoms with E-state index < -0.39 is 5.97 Å². The minimum atomic E-state index is -0.762. The first-order chi connectivity index (χ1) is 9.09. The number of hydrogen-bond donors (Lipinski definition) is 1. The van der Waals surface area contributed by atoms with Crippen molar-refractivity contribution in [3.05, 3.63) is 29.7 Å². The number of carboxylic acid groups (broad SMARTS) is 1. The number of nitrogens with zero attached hydrogens (tertiary/aromatic N) is 2. The van der Waals surface area contributed by atoms with Gasteiger partial charge in [0.1, 0.15) is 0 Å². The molecule has 2 aromatic rings. The predicted molar refractivity (Wildman–Crippen MR) is 71.6 cm³/mol. The molecule has 2 aromatic heterocycles. The SMILES string of the molecule is Cc1nc2c(OCCCCC(=O)O)cccn2c1C. The second-order valence-corrected chi connectivity index (χ2v) is 4.55. The summed E-state index contributed by atoms with van der Waals surface area (Å²) in [6.07, 6.45) is 3.51. The van der Waals surface area contributed by atoms with Gasteiger partial charge in [-0.15, -0.1) is 0 Å². The zero-order valence-electron chi connectivity index (χ0n) is 11.2. The van der Waals surface area contributed by atoms with Crippen LogP contribution in [0.3, 0.4) is 0 Å². The van der Waals surface area contributed by atoms with Crippen molar-refractivity contribution in [3.8, 4) is 5.75 Å². The molecule has 0 spiro atoms. The van der Waals surface area contributed by atoms with Crippen LogP contribution in [0.2, 0.25) is 0 Å². The molecule has 0 unspecified atom stereocenters. The number of carboxylic acids is 1. The van der Waals surface area contributed by atoms with E-state index >= 15 is 0 Å². The largest absolute Gasteiger partial charge is 0.490 e. The summed E-state index contributed by atoms with van der Waals surface area (Å²) in [5.41, 5.74) is 2.91. The molecule has 102 valence electrons. The summed E-state index contributed by atoms with van der Waals surface area (Å²) in [5, 5.41) is 8.55. The molecule has 2 heterocycles. The highest BCUT2D eigenvalue weighted by atomic mass is 16.5. The van der Waals surface area contributed by atoms with Gasteiger partial charge in [0.2, 0.25) is 0 Å². The van der Waals surface area contributed by atoms with Gasteiger partial charge in [0.15, 0.2) is 11.4 Å². The van der Waals surface area contributed by atoms with E-state index in [0.29, 0.717) is 13.0 Å². The molecule has 0 radical (unpaired) electrons. The highest BCUT2D eigenvalue weighted by molar-refractivity contribution is 5.66. The average Bonchev–Trinajstić information content (AvgIpc) is 2.66. The minimum Gasteiger partial charge on any atom is -0.490 e. The molecule has 2 rings (SSSR count). The van der Waals surface area contributed by atoms with Gasteiger partial charge in [-0.05, 0) is 38.8 Å². The number of rotatable bonds is 6. The van der Waals surface area contributed by atoms with Crippen molar-refractivity contribution in [2.45, 2.75) is 33.1 Å². The van der Waals surface area contributed by atoms with E-state index in [4.69, 9.17) is 9.84 Å². The zero-order valence-corrected chi connectivity index (χ0v) is 11.2. The summed E-state index contributed by atoms with van der Waals surface area (Å²) >= 11 is 0. The van der Waals surface area contributed by atoms with E-state index in [9.17, 15) is 4.79 Å².